The molecule has 78 valence electrons. The predicted octanol–water partition coefficient (Wildman–Crippen LogP) is 1.08. The van der Waals surface area contributed by atoms with Gasteiger partial charge in [-0.25, -0.2) is 9.97 Å². The van der Waals surface area contributed by atoms with Gasteiger partial charge in [-0.15, -0.1) is 0 Å². The molecule has 15 heavy (non-hydrogen) atoms. The fourth-order valence-electron chi connectivity index (χ4n) is 1.57. The lowest BCUT2D eigenvalue weighted by Crippen LogP contribution is -2.00. The number of anilines is 1. The molecule has 0 aliphatic rings. The van der Waals surface area contributed by atoms with Crippen molar-refractivity contribution in [3.05, 3.63) is 23.7 Å². The van der Waals surface area contributed by atoms with Gasteiger partial charge in [-0.2, -0.15) is 5.10 Å². The zero-order valence-corrected chi connectivity index (χ0v) is 9.02. The maximum atomic E-state index is 5.67. The molecule has 0 radical (unpaired) electrons. The predicted molar refractivity (Wildman–Crippen MR) is 58.1 cm³/mol. The quantitative estimate of drug-likeness (QED) is 0.752. The first kappa shape index (κ1) is 9.64. The van der Waals surface area contributed by atoms with Crippen molar-refractivity contribution in [1.82, 2.24) is 19.7 Å². The van der Waals surface area contributed by atoms with Crippen LogP contribution in [0.4, 0.5) is 5.82 Å². The molecule has 5 nitrogen and oxygen atoms in total. The molecule has 0 aliphatic heterocycles. The summed E-state index contributed by atoms with van der Waals surface area (Å²) in [7, 11) is 1.88. The summed E-state index contributed by atoms with van der Waals surface area (Å²) in [5.74, 6) is 1.15. The lowest BCUT2D eigenvalue weighted by molar-refractivity contribution is 0.761. The van der Waals surface area contributed by atoms with Crippen LogP contribution in [0.15, 0.2) is 12.1 Å². The first-order valence-electron chi connectivity index (χ1n) is 4.68. The molecule has 0 aromatic carbocycles. The molecular weight excluding hydrogens is 190 g/mol. The Morgan fingerprint density at radius 1 is 1.20 bits per heavy atom. The molecule has 0 atom stereocenters. The van der Waals surface area contributed by atoms with Crippen LogP contribution >= 0.6 is 0 Å². The maximum absolute atomic E-state index is 5.67. The number of aromatic nitrogens is 4. The number of rotatable bonds is 1. The van der Waals surface area contributed by atoms with Crippen molar-refractivity contribution in [3.8, 4) is 11.4 Å². The summed E-state index contributed by atoms with van der Waals surface area (Å²) in [6, 6.07) is 3.73. The van der Waals surface area contributed by atoms with E-state index < -0.39 is 0 Å². The van der Waals surface area contributed by atoms with Crippen LogP contribution in [-0.2, 0) is 7.05 Å². The minimum Gasteiger partial charge on any atom is -0.384 e. The van der Waals surface area contributed by atoms with Crippen LogP contribution in [0.1, 0.15) is 11.5 Å². The van der Waals surface area contributed by atoms with Gasteiger partial charge in [0.1, 0.15) is 11.6 Å². The van der Waals surface area contributed by atoms with Crippen LogP contribution in [0.25, 0.3) is 11.4 Å². The third kappa shape index (κ3) is 1.81. The summed E-state index contributed by atoms with van der Waals surface area (Å²) in [6.45, 7) is 3.77. The van der Waals surface area contributed by atoms with E-state index in [4.69, 9.17) is 5.73 Å². The van der Waals surface area contributed by atoms with Gasteiger partial charge in [0.2, 0.25) is 0 Å². The van der Waals surface area contributed by atoms with Crippen molar-refractivity contribution in [2.45, 2.75) is 13.8 Å². The number of hydrogen-bond donors (Lipinski definition) is 1. The smallest absolute Gasteiger partial charge is 0.128 e. The monoisotopic (exact) mass is 203 g/mol. The highest BCUT2D eigenvalue weighted by Crippen LogP contribution is 2.18. The maximum Gasteiger partial charge on any atom is 0.128 e. The molecule has 0 unspecified atom stereocenters. The van der Waals surface area contributed by atoms with Crippen LogP contribution in [0.5, 0.6) is 0 Å². The van der Waals surface area contributed by atoms with Gasteiger partial charge in [0.05, 0.1) is 17.1 Å². The van der Waals surface area contributed by atoms with Gasteiger partial charge in [-0.05, 0) is 19.9 Å². The Morgan fingerprint density at radius 2 is 1.93 bits per heavy atom. The van der Waals surface area contributed by atoms with Crippen molar-refractivity contribution in [3.63, 3.8) is 0 Å². The second-order valence-electron chi connectivity index (χ2n) is 3.52. The normalized spacial score (nSPS) is 10.6. The zero-order valence-electron chi connectivity index (χ0n) is 9.02. The molecule has 2 aromatic heterocycles. The van der Waals surface area contributed by atoms with Crippen molar-refractivity contribution in [2.75, 3.05) is 5.73 Å². The molecule has 2 N–H and O–H groups in total. The Balaban J connectivity index is 2.58. The molecule has 5 heteroatoms. The summed E-state index contributed by atoms with van der Waals surface area (Å²) >= 11 is 0. The molecule has 0 saturated carbocycles. The standard InChI is InChI=1S/C10H13N5/c1-6-4-9(15(3)14-6)8-5-10(11)13-7(2)12-8/h4-5H,1-3H3,(H2,11,12,13). The Morgan fingerprint density at radius 3 is 2.47 bits per heavy atom. The van der Waals surface area contributed by atoms with Gasteiger partial charge in [0.15, 0.2) is 0 Å². The van der Waals surface area contributed by atoms with Crippen molar-refractivity contribution in [1.29, 1.82) is 0 Å². The van der Waals surface area contributed by atoms with Crippen LogP contribution in [0.3, 0.4) is 0 Å². The zero-order chi connectivity index (χ0) is 11.0. The number of aryl methyl sites for hydroxylation is 3. The van der Waals surface area contributed by atoms with E-state index in [1.165, 1.54) is 0 Å². The highest BCUT2D eigenvalue weighted by atomic mass is 15.3. The highest BCUT2D eigenvalue weighted by Gasteiger charge is 2.08. The van der Waals surface area contributed by atoms with Crippen LogP contribution in [-0.4, -0.2) is 19.7 Å². The molecule has 0 fully saturated rings. The molecule has 0 saturated heterocycles. The first-order chi connectivity index (χ1) is 7.06. The van der Waals surface area contributed by atoms with E-state index in [9.17, 15) is 0 Å². The van der Waals surface area contributed by atoms with Crippen LogP contribution < -0.4 is 5.73 Å². The van der Waals surface area contributed by atoms with E-state index in [1.807, 2.05) is 27.0 Å². The first-order valence-corrected chi connectivity index (χ1v) is 4.68. The Hall–Kier alpha value is -1.91. The topological polar surface area (TPSA) is 69.6 Å². The average Bonchev–Trinajstić information content (AvgIpc) is 2.43. The van der Waals surface area contributed by atoms with E-state index >= 15 is 0 Å². The van der Waals surface area contributed by atoms with Crippen molar-refractivity contribution in [2.24, 2.45) is 7.05 Å². The van der Waals surface area contributed by atoms with Crippen LogP contribution in [0.2, 0.25) is 0 Å². The summed E-state index contributed by atoms with van der Waals surface area (Å²) in [5.41, 5.74) is 8.39. The molecule has 2 aromatic rings. The summed E-state index contributed by atoms with van der Waals surface area (Å²) < 4.78 is 1.79. The third-order valence-electron chi connectivity index (χ3n) is 2.12. The van der Waals surface area contributed by atoms with Gasteiger partial charge in [-0.1, -0.05) is 0 Å². The van der Waals surface area contributed by atoms with E-state index in [0.29, 0.717) is 11.6 Å². The Kier molecular flexibility index (Phi) is 2.15. The fraction of sp³-hybridized carbons (Fsp3) is 0.300. The van der Waals surface area contributed by atoms with Gasteiger partial charge >= 0.3 is 0 Å². The van der Waals surface area contributed by atoms with E-state index in [1.54, 1.807) is 10.7 Å². The van der Waals surface area contributed by atoms with E-state index in [2.05, 4.69) is 15.1 Å². The molecule has 0 bridgehead atoms. The van der Waals surface area contributed by atoms with E-state index in [0.717, 1.165) is 17.1 Å². The highest BCUT2D eigenvalue weighted by molar-refractivity contribution is 5.58. The molecule has 0 aliphatic carbocycles. The van der Waals surface area contributed by atoms with Gasteiger partial charge < -0.3 is 5.73 Å². The van der Waals surface area contributed by atoms with Crippen molar-refractivity contribution < 1.29 is 0 Å². The number of nitrogens with zero attached hydrogens (tertiary/aromatic N) is 4. The average molecular weight is 203 g/mol. The summed E-state index contributed by atoms with van der Waals surface area (Å²) in [5, 5.41) is 4.26. The SMILES string of the molecule is Cc1cc(-c2cc(N)nc(C)n2)n(C)n1. The second kappa shape index (κ2) is 3.34. The molecule has 0 amide bonds. The van der Waals surface area contributed by atoms with Gasteiger partial charge in [-0.3, -0.25) is 4.68 Å². The minimum absolute atomic E-state index is 0.483. The number of nitrogens with two attached hydrogens (primary N) is 1. The lowest BCUT2D eigenvalue weighted by Gasteiger charge is -2.03. The third-order valence-corrected chi connectivity index (χ3v) is 2.12. The molecule has 2 heterocycles. The lowest BCUT2D eigenvalue weighted by atomic mass is 10.2. The summed E-state index contributed by atoms with van der Waals surface area (Å²) in [4.78, 5) is 8.36. The van der Waals surface area contributed by atoms with Gasteiger partial charge in [0, 0.05) is 13.1 Å². The largest absolute Gasteiger partial charge is 0.384 e. The summed E-state index contributed by atoms with van der Waals surface area (Å²) in [6.07, 6.45) is 0. The Labute approximate surface area is 88.0 Å². The minimum atomic E-state index is 0.483. The number of nitrogen functional groups attached to an aromatic ring is 1. The second-order valence-corrected chi connectivity index (χ2v) is 3.52. The molecule has 2 rings (SSSR count). The van der Waals surface area contributed by atoms with Crippen LogP contribution in [0, 0.1) is 13.8 Å². The van der Waals surface area contributed by atoms with Crippen molar-refractivity contribution >= 4 is 5.82 Å². The molecule has 0 spiro atoms. The number of hydrogen-bond acceptors (Lipinski definition) is 4. The van der Waals surface area contributed by atoms with Gasteiger partial charge in [0.25, 0.3) is 0 Å². The molecular formula is C10H13N5. The van der Waals surface area contributed by atoms with E-state index in [-0.39, 0.29) is 0 Å². The Bertz CT molecular complexity index is 480. The fourth-order valence-corrected chi connectivity index (χ4v) is 1.57.